The second-order valence-electron chi connectivity index (χ2n) is 6.64. The van der Waals surface area contributed by atoms with Gasteiger partial charge in [-0.2, -0.15) is 4.98 Å². The maximum absolute atomic E-state index is 11.6. The highest BCUT2D eigenvalue weighted by molar-refractivity contribution is 5.78. The molecule has 2 aromatic rings. The number of amides is 1. The van der Waals surface area contributed by atoms with E-state index in [4.69, 9.17) is 5.73 Å². The van der Waals surface area contributed by atoms with Gasteiger partial charge in [-0.05, 0) is 38.8 Å². The molecule has 3 N–H and O–H groups in total. The van der Waals surface area contributed by atoms with Gasteiger partial charge in [-0.1, -0.05) is 17.2 Å². The molecule has 1 fully saturated rings. The molecule has 1 saturated heterocycles. The molecule has 6 heteroatoms. The van der Waals surface area contributed by atoms with E-state index in [1.54, 1.807) is 0 Å². The summed E-state index contributed by atoms with van der Waals surface area (Å²) in [6.45, 7) is 6.55. The normalized spacial score (nSPS) is 14.2. The van der Waals surface area contributed by atoms with Crippen molar-refractivity contribution in [3.8, 4) is 11.3 Å². The average molecular weight is 339 g/mol. The van der Waals surface area contributed by atoms with Gasteiger partial charge >= 0.3 is 0 Å². The molecule has 132 valence electrons. The second kappa shape index (κ2) is 7.51. The summed E-state index contributed by atoms with van der Waals surface area (Å²) in [5.74, 6) is 1.24. The minimum Gasteiger partial charge on any atom is -0.370 e. The number of anilines is 2. The van der Waals surface area contributed by atoms with Gasteiger partial charge in [0.25, 0.3) is 0 Å². The van der Waals surface area contributed by atoms with Gasteiger partial charge in [-0.25, -0.2) is 4.98 Å². The highest BCUT2D eigenvalue weighted by Crippen LogP contribution is 2.23. The fourth-order valence-electron chi connectivity index (χ4n) is 3.25. The number of benzene rings is 1. The Kier molecular flexibility index (Phi) is 5.16. The van der Waals surface area contributed by atoms with Crippen molar-refractivity contribution >= 4 is 17.7 Å². The number of nitrogen functional groups attached to an aromatic ring is 1. The van der Waals surface area contributed by atoms with E-state index in [0.717, 1.165) is 49.6 Å². The Hall–Kier alpha value is -2.63. The highest BCUT2D eigenvalue weighted by atomic mass is 16.2. The number of nitrogens with zero attached hydrogens (tertiary/aromatic N) is 3. The van der Waals surface area contributed by atoms with Gasteiger partial charge in [0.05, 0.1) is 5.69 Å². The zero-order valence-corrected chi connectivity index (χ0v) is 14.9. The van der Waals surface area contributed by atoms with E-state index in [9.17, 15) is 4.79 Å². The Morgan fingerprint density at radius 1 is 1.16 bits per heavy atom. The van der Waals surface area contributed by atoms with Crippen molar-refractivity contribution in [3.05, 3.63) is 35.4 Å². The van der Waals surface area contributed by atoms with E-state index >= 15 is 0 Å². The van der Waals surface area contributed by atoms with Crippen LogP contribution in [0, 0.1) is 13.8 Å². The van der Waals surface area contributed by atoms with Crippen LogP contribution in [0.4, 0.5) is 11.8 Å². The van der Waals surface area contributed by atoms with E-state index in [0.29, 0.717) is 6.42 Å². The number of carbonyl (C=O) groups excluding carboxylic acids is 1. The number of hydrogen-bond donors (Lipinski definition) is 2. The summed E-state index contributed by atoms with van der Waals surface area (Å²) >= 11 is 0. The Labute approximate surface area is 148 Å². The maximum Gasteiger partial charge on any atom is 0.222 e. The summed E-state index contributed by atoms with van der Waals surface area (Å²) in [7, 11) is 0. The van der Waals surface area contributed by atoms with Crippen LogP contribution in [-0.4, -0.2) is 40.4 Å². The molecular formula is C19H25N5O. The van der Waals surface area contributed by atoms with Gasteiger partial charge in [-0.15, -0.1) is 0 Å². The summed E-state index contributed by atoms with van der Waals surface area (Å²) in [6.07, 6.45) is 2.55. The van der Waals surface area contributed by atoms with E-state index in [1.165, 1.54) is 11.1 Å². The van der Waals surface area contributed by atoms with Gasteiger partial charge in [-0.3, -0.25) is 4.79 Å². The van der Waals surface area contributed by atoms with Gasteiger partial charge in [0.15, 0.2) is 0 Å². The zero-order valence-electron chi connectivity index (χ0n) is 14.9. The number of carbonyl (C=O) groups is 1. The van der Waals surface area contributed by atoms with Crippen molar-refractivity contribution < 1.29 is 4.79 Å². The van der Waals surface area contributed by atoms with Crippen molar-refractivity contribution in [3.63, 3.8) is 0 Å². The number of hydrogen-bond acceptors (Lipinski definition) is 5. The van der Waals surface area contributed by atoms with Crippen LogP contribution in [0.15, 0.2) is 24.3 Å². The van der Waals surface area contributed by atoms with E-state index in [-0.39, 0.29) is 11.9 Å². The van der Waals surface area contributed by atoms with Crippen LogP contribution in [0.25, 0.3) is 11.3 Å². The van der Waals surface area contributed by atoms with Gasteiger partial charge in [0, 0.05) is 37.7 Å². The van der Waals surface area contributed by atoms with Crippen LogP contribution >= 0.6 is 0 Å². The van der Waals surface area contributed by atoms with E-state index in [1.807, 2.05) is 11.0 Å². The Morgan fingerprint density at radius 3 is 2.60 bits per heavy atom. The molecule has 0 unspecified atom stereocenters. The largest absolute Gasteiger partial charge is 0.370 e. The van der Waals surface area contributed by atoms with Crippen molar-refractivity contribution in [1.82, 2.24) is 14.9 Å². The molecule has 25 heavy (non-hydrogen) atoms. The Morgan fingerprint density at radius 2 is 1.92 bits per heavy atom. The molecule has 6 nitrogen and oxygen atoms in total. The summed E-state index contributed by atoms with van der Waals surface area (Å²) in [6, 6.07) is 8.24. The standard InChI is InChI=1S/C19H25N5O/c1-13-9-14(2)11-15(10-13)16-12-17(23-19(20)22-16)21-6-4-8-24-7-3-5-18(24)25/h9-12H,3-8H2,1-2H3,(H3,20,21,22,23). The van der Waals surface area contributed by atoms with Gasteiger partial charge in [0.2, 0.25) is 11.9 Å². The number of aromatic nitrogens is 2. The zero-order chi connectivity index (χ0) is 17.8. The topological polar surface area (TPSA) is 84.1 Å². The van der Waals surface area contributed by atoms with Crippen LogP contribution < -0.4 is 11.1 Å². The smallest absolute Gasteiger partial charge is 0.222 e. The monoisotopic (exact) mass is 339 g/mol. The summed E-state index contributed by atoms with van der Waals surface area (Å²) in [5.41, 5.74) is 10.1. The van der Waals surface area contributed by atoms with Crippen molar-refractivity contribution in [2.24, 2.45) is 0 Å². The fraction of sp³-hybridized carbons (Fsp3) is 0.421. The molecule has 1 aliphatic rings. The first-order valence-corrected chi connectivity index (χ1v) is 8.76. The molecule has 0 bridgehead atoms. The SMILES string of the molecule is Cc1cc(C)cc(-c2cc(NCCCN3CCCC3=O)nc(N)n2)c1. The van der Waals surface area contributed by atoms with Crippen LogP contribution in [0.1, 0.15) is 30.4 Å². The highest BCUT2D eigenvalue weighted by Gasteiger charge is 2.18. The van der Waals surface area contributed by atoms with E-state index in [2.05, 4.69) is 47.3 Å². The van der Waals surface area contributed by atoms with Crippen LogP contribution in [0.5, 0.6) is 0 Å². The maximum atomic E-state index is 11.6. The number of nitrogens with one attached hydrogen (secondary N) is 1. The van der Waals surface area contributed by atoms with Crippen molar-refractivity contribution in [2.45, 2.75) is 33.1 Å². The third-order valence-corrected chi connectivity index (χ3v) is 4.34. The number of aryl methyl sites for hydroxylation is 2. The van der Waals surface area contributed by atoms with Gasteiger partial charge in [0.1, 0.15) is 5.82 Å². The number of nitrogens with two attached hydrogens (primary N) is 1. The molecule has 1 aromatic heterocycles. The molecule has 0 atom stereocenters. The molecule has 0 saturated carbocycles. The first-order valence-electron chi connectivity index (χ1n) is 8.76. The van der Waals surface area contributed by atoms with Gasteiger partial charge < -0.3 is 16.0 Å². The molecular weight excluding hydrogens is 314 g/mol. The lowest BCUT2D eigenvalue weighted by Crippen LogP contribution is -2.27. The third-order valence-electron chi connectivity index (χ3n) is 4.34. The Bertz CT molecular complexity index is 754. The molecule has 1 amide bonds. The van der Waals surface area contributed by atoms with Crippen molar-refractivity contribution in [2.75, 3.05) is 30.7 Å². The summed E-state index contributed by atoms with van der Waals surface area (Å²) in [5, 5.41) is 3.29. The number of likely N-dealkylation sites (tertiary alicyclic amines) is 1. The predicted molar refractivity (Wildman–Crippen MR) is 100 cm³/mol. The lowest BCUT2D eigenvalue weighted by molar-refractivity contribution is -0.127. The van der Waals surface area contributed by atoms with Crippen LogP contribution in [0.3, 0.4) is 0 Å². The quantitative estimate of drug-likeness (QED) is 0.791. The molecule has 3 rings (SSSR count). The average Bonchev–Trinajstić information content (AvgIpc) is 2.95. The molecule has 1 aliphatic heterocycles. The van der Waals surface area contributed by atoms with Crippen LogP contribution in [-0.2, 0) is 4.79 Å². The van der Waals surface area contributed by atoms with E-state index < -0.39 is 0 Å². The third kappa shape index (κ3) is 4.47. The van der Waals surface area contributed by atoms with Crippen LogP contribution in [0.2, 0.25) is 0 Å². The minimum absolute atomic E-state index is 0.258. The molecule has 0 spiro atoms. The molecule has 0 radical (unpaired) electrons. The fourth-order valence-corrected chi connectivity index (χ4v) is 3.25. The Balaban J connectivity index is 1.64. The summed E-state index contributed by atoms with van der Waals surface area (Å²) < 4.78 is 0. The predicted octanol–water partition coefficient (Wildman–Crippen LogP) is 2.77. The first kappa shape index (κ1) is 17.2. The minimum atomic E-state index is 0.258. The molecule has 1 aromatic carbocycles. The summed E-state index contributed by atoms with van der Waals surface area (Å²) in [4.78, 5) is 22.2. The molecule has 2 heterocycles. The number of rotatable bonds is 6. The lowest BCUT2D eigenvalue weighted by atomic mass is 10.0. The van der Waals surface area contributed by atoms with Crippen molar-refractivity contribution in [1.29, 1.82) is 0 Å². The lowest BCUT2D eigenvalue weighted by Gasteiger charge is -2.15. The second-order valence-corrected chi connectivity index (χ2v) is 6.64. The first-order chi connectivity index (χ1) is 12.0. The molecule has 0 aliphatic carbocycles.